The Bertz CT molecular complexity index is 1400. The number of nitrogens with zero attached hydrogens (tertiary/aromatic N) is 4. The van der Waals surface area contributed by atoms with Crippen molar-refractivity contribution in [3.8, 4) is 34.2 Å². The molecule has 4 aromatic rings. The van der Waals surface area contributed by atoms with Crippen molar-refractivity contribution in [2.75, 3.05) is 31.1 Å². The van der Waals surface area contributed by atoms with Crippen LogP contribution in [0.4, 0.5) is 10.1 Å². The van der Waals surface area contributed by atoms with Crippen LogP contribution in [-0.4, -0.2) is 46.5 Å². The lowest BCUT2D eigenvalue weighted by molar-refractivity contribution is 0.465. The molecule has 0 amide bonds. The van der Waals surface area contributed by atoms with E-state index in [1.165, 1.54) is 6.07 Å². The van der Waals surface area contributed by atoms with E-state index in [2.05, 4.69) is 43.6 Å². The summed E-state index contributed by atoms with van der Waals surface area (Å²) in [6.45, 7) is 7.32. The molecule has 0 unspecified atom stereocenters. The molecular weight excluding hydrogens is 499 g/mol. The summed E-state index contributed by atoms with van der Waals surface area (Å²) in [7, 11) is 0. The molecule has 174 valence electrons. The molecule has 0 spiro atoms. The minimum atomic E-state index is -0.645. The number of hydrogen-bond donors (Lipinski definition) is 3. The summed E-state index contributed by atoms with van der Waals surface area (Å²) in [5.41, 5.74) is 4.94. The van der Waals surface area contributed by atoms with E-state index in [4.69, 9.17) is 0 Å². The van der Waals surface area contributed by atoms with E-state index < -0.39 is 5.82 Å². The molecule has 5 rings (SSSR count). The molecule has 7 nitrogen and oxygen atoms in total. The number of aryl methyl sites for hydroxylation is 2. The highest BCUT2D eigenvalue weighted by molar-refractivity contribution is 8.93. The first-order valence-electron chi connectivity index (χ1n) is 10.8. The summed E-state index contributed by atoms with van der Waals surface area (Å²) in [6, 6.07) is 12.9. The number of aromatic nitrogens is 3. The van der Waals surface area contributed by atoms with E-state index in [9.17, 15) is 14.8 Å². The molecule has 0 saturated carbocycles. The third kappa shape index (κ3) is 4.00. The molecule has 1 fully saturated rings. The molecule has 34 heavy (non-hydrogen) atoms. The van der Waals surface area contributed by atoms with Crippen molar-refractivity contribution in [3.63, 3.8) is 0 Å². The zero-order valence-electron chi connectivity index (χ0n) is 18.8. The van der Waals surface area contributed by atoms with E-state index in [1.807, 2.05) is 19.1 Å². The summed E-state index contributed by atoms with van der Waals surface area (Å²) in [6.07, 6.45) is 0. The second kappa shape index (κ2) is 9.41. The number of aromatic amines is 1. The molecule has 0 atom stereocenters. The fourth-order valence-electron chi connectivity index (χ4n) is 4.41. The number of phenols is 1. The monoisotopic (exact) mass is 522 g/mol. The SMILES string of the molecule is Br.Cc1cc(-c2nc3n[nH]c(C)c3c(-c3ccc(N4CCNCC4)cc3)c2C#N)c(F)cc1O. The van der Waals surface area contributed by atoms with Crippen LogP contribution in [0.1, 0.15) is 16.8 Å². The highest BCUT2D eigenvalue weighted by Gasteiger charge is 2.23. The average molecular weight is 523 g/mol. The van der Waals surface area contributed by atoms with Gasteiger partial charge in [-0.15, -0.1) is 17.0 Å². The smallest absolute Gasteiger partial charge is 0.182 e. The molecule has 2 aromatic carbocycles. The fourth-order valence-corrected chi connectivity index (χ4v) is 4.41. The van der Waals surface area contributed by atoms with E-state index in [0.717, 1.165) is 54.6 Å². The van der Waals surface area contributed by atoms with Gasteiger partial charge in [-0.05, 0) is 43.2 Å². The van der Waals surface area contributed by atoms with Crippen molar-refractivity contribution in [3.05, 3.63) is 59.0 Å². The fraction of sp³-hybridized carbons (Fsp3) is 0.240. The Morgan fingerprint density at radius 1 is 1.12 bits per heavy atom. The van der Waals surface area contributed by atoms with Crippen molar-refractivity contribution in [1.29, 1.82) is 5.26 Å². The number of fused-ring (bicyclic) bond motifs is 1. The number of aromatic hydroxyl groups is 1. The third-order valence-electron chi connectivity index (χ3n) is 6.17. The van der Waals surface area contributed by atoms with Crippen LogP contribution in [0.25, 0.3) is 33.4 Å². The van der Waals surface area contributed by atoms with Crippen molar-refractivity contribution in [1.82, 2.24) is 20.5 Å². The third-order valence-corrected chi connectivity index (χ3v) is 6.17. The van der Waals surface area contributed by atoms with Gasteiger partial charge in [-0.3, -0.25) is 5.10 Å². The maximum atomic E-state index is 14.9. The van der Waals surface area contributed by atoms with E-state index in [0.29, 0.717) is 16.8 Å². The molecule has 1 aliphatic heterocycles. The predicted octanol–water partition coefficient (Wildman–Crippen LogP) is 4.61. The van der Waals surface area contributed by atoms with Crippen LogP contribution in [-0.2, 0) is 0 Å². The second-order valence-corrected chi connectivity index (χ2v) is 8.27. The van der Waals surface area contributed by atoms with Gasteiger partial charge in [0.05, 0.1) is 16.6 Å². The molecule has 1 aliphatic rings. The maximum Gasteiger partial charge on any atom is 0.182 e. The van der Waals surface area contributed by atoms with E-state index in [1.54, 1.807) is 6.92 Å². The molecule has 9 heteroatoms. The predicted molar refractivity (Wildman–Crippen MR) is 136 cm³/mol. The topological polar surface area (TPSA) is 101 Å². The number of H-pyrrole nitrogens is 1. The van der Waals surface area contributed by atoms with Crippen LogP contribution < -0.4 is 10.2 Å². The second-order valence-electron chi connectivity index (χ2n) is 8.27. The number of hydrogen-bond acceptors (Lipinski definition) is 6. The van der Waals surface area contributed by atoms with Gasteiger partial charge in [0.1, 0.15) is 17.6 Å². The number of pyridine rings is 1. The maximum absolute atomic E-state index is 14.9. The van der Waals surface area contributed by atoms with Gasteiger partial charge < -0.3 is 15.3 Å². The van der Waals surface area contributed by atoms with Crippen LogP contribution in [0.3, 0.4) is 0 Å². The van der Waals surface area contributed by atoms with Crippen LogP contribution >= 0.6 is 17.0 Å². The molecule has 1 saturated heterocycles. The first-order valence-corrected chi connectivity index (χ1v) is 10.8. The largest absolute Gasteiger partial charge is 0.508 e. The van der Waals surface area contributed by atoms with Gasteiger partial charge in [-0.2, -0.15) is 10.4 Å². The van der Waals surface area contributed by atoms with Gasteiger partial charge in [-0.25, -0.2) is 9.37 Å². The van der Waals surface area contributed by atoms with Gasteiger partial charge in [0, 0.05) is 54.8 Å². The molecule has 3 N–H and O–H groups in total. The number of phenolic OH excluding ortho intramolecular Hbond substituents is 1. The van der Waals surface area contributed by atoms with Gasteiger partial charge >= 0.3 is 0 Å². The zero-order chi connectivity index (χ0) is 23.1. The zero-order valence-corrected chi connectivity index (χ0v) is 20.5. The Morgan fingerprint density at radius 2 is 1.82 bits per heavy atom. The number of rotatable bonds is 3. The van der Waals surface area contributed by atoms with Crippen molar-refractivity contribution < 1.29 is 9.50 Å². The minimum absolute atomic E-state index is 0. The lowest BCUT2D eigenvalue weighted by atomic mass is 9.92. The summed E-state index contributed by atoms with van der Waals surface area (Å²) in [5.74, 6) is -0.788. The lowest BCUT2D eigenvalue weighted by Gasteiger charge is -2.29. The Hall–Kier alpha value is -3.48. The Labute approximate surface area is 207 Å². The number of halogens is 2. The van der Waals surface area contributed by atoms with E-state index in [-0.39, 0.29) is 39.6 Å². The Balaban J connectivity index is 0.00000274. The number of anilines is 1. The molecule has 2 aromatic heterocycles. The van der Waals surface area contributed by atoms with Gasteiger partial charge in [-0.1, -0.05) is 12.1 Å². The molecule has 3 heterocycles. The quantitative estimate of drug-likeness (QED) is 0.363. The Kier molecular flexibility index (Phi) is 6.55. The highest BCUT2D eigenvalue weighted by atomic mass is 79.9. The first-order chi connectivity index (χ1) is 16.0. The van der Waals surface area contributed by atoms with Crippen LogP contribution in [0.15, 0.2) is 36.4 Å². The lowest BCUT2D eigenvalue weighted by Crippen LogP contribution is -2.43. The number of benzene rings is 2. The first kappa shape index (κ1) is 23.7. The van der Waals surface area contributed by atoms with E-state index >= 15 is 0 Å². The van der Waals surface area contributed by atoms with Gasteiger partial charge in [0.2, 0.25) is 0 Å². The van der Waals surface area contributed by atoms with Crippen molar-refractivity contribution >= 4 is 33.7 Å². The summed E-state index contributed by atoms with van der Waals surface area (Å²) in [5, 5.41) is 31.4. The number of nitrogens with one attached hydrogen (secondary N) is 2. The molecule has 0 aliphatic carbocycles. The van der Waals surface area contributed by atoms with Gasteiger partial charge in [0.15, 0.2) is 5.65 Å². The molecule has 0 radical (unpaired) electrons. The summed E-state index contributed by atoms with van der Waals surface area (Å²) in [4.78, 5) is 6.86. The number of nitriles is 1. The Morgan fingerprint density at radius 3 is 2.50 bits per heavy atom. The average Bonchev–Trinajstić information content (AvgIpc) is 3.21. The van der Waals surface area contributed by atoms with Crippen molar-refractivity contribution in [2.45, 2.75) is 13.8 Å². The van der Waals surface area contributed by atoms with Crippen LogP contribution in [0, 0.1) is 31.0 Å². The molecular formula is C25H24BrFN6O. The normalized spacial score (nSPS) is 13.5. The summed E-state index contributed by atoms with van der Waals surface area (Å²) >= 11 is 0. The summed E-state index contributed by atoms with van der Waals surface area (Å²) < 4.78 is 14.9. The van der Waals surface area contributed by atoms with Crippen LogP contribution in [0.2, 0.25) is 0 Å². The highest BCUT2D eigenvalue weighted by Crippen LogP contribution is 2.39. The van der Waals surface area contributed by atoms with Gasteiger partial charge in [0.25, 0.3) is 0 Å². The van der Waals surface area contributed by atoms with Crippen molar-refractivity contribution in [2.24, 2.45) is 0 Å². The molecule has 0 bridgehead atoms. The number of piperazine rings is 1. The standard InChI is InChI=1S/C25H23FN6O.BrH/c1-14-11-18(20(26)12-21(14)33)24-19(13-27)23(22-15(2)30-31-25(22)29-24)16-3-5-17(6-4-16)32-9-7-28-8-10-32;/h3-6,11-12,28,33H,7-10H2,1-2H3,(H,29,30,31);1H. The van der Waals surface area contributed by atoms with Crippen LogP contribution in [0.5, 0.6) is 5.75 Å². The minimum Gasteiger partial charge on any atom is -0.508 e.